The van der Waals surface area contributed by atoms with Crippen LogP contribution < -0.4 is 4.90 Å². The van der Waals surface area contributed by atoms with Crippen LogP contribution in [0, 0.1) is 11.3 Å². The summed E-state index contributed by atoms with van der Waals surface area (Å²) < 4.78 is 0.943. The molecule has 0 radical (unpaired) electrons. The molecule has 0 amide bonds. The molecule has 1 fully saturated rings. The number of nitrogens with zero attached hydrogens (tertiary/aromatic N) is 3. The predicted molar refractivity (Wildman–Crippen MR) is 129 cm³/mol. The molecule has 5 nitrogen and oxygen atoms in total. The number of hydrogen-bond donors (Lipinski definition) is 1. The number of carbonyl (C=O) groups is 1. The van der Waals surface area contributed by atoms with Crippen LogP contribution in [-0.4, -0.2) is 55.1 Å². The first-order valence-electron chi connectivity index (χ1n) is 11.1. The zero-order valence-corrected chi connectivity index (χ0v) is 20.0. The summed E-state index contributed by atoms with van der Waals surface area (Å²) in [6.45, 7) is 8.93. The third-order valence-electron chi connectivity index (χ3n) is 7.29. The van der Waals surface area contributed by atoms with Crippen molar-refractivity contribution in [1.82, 2.24) is 4.90 Å². The number of allylic oxidation sites excluding steroid dienone is 2. The van der Waals surface area contributed by atoms with Crippen molar-refractivity contribution >= 4 is 33.0 Å². The first kappa shape index (κ1) is 21.4. The molecule has 2 aromatic carbocycles. The van der Waals surface area contributed by atoms with Gasteiger partial charge in [0.05, 0.1) is 23.9 Å². The fraction of sp³-hybridized carbons (Fsp3) is 0.385. The van der Waals surface area contributed by atoms with Crippen LogP contribution in [0.3, 0.4) is 0 Å². The quantitative estimate of drug-likeness (QED) is 0.704. The highest BCUT2D eigenvalue weighted by Gasteiger charge is 2.43. The third-order valence-corrected chi connectivity index (χ3v) is 7.92. The molecular weight excluding hydrogens is 466 g/mol. The second-order valence-electron chi connectivity index (χ2n) is 9.37. The van der Waals surface area contributed by atoms with Gasteiger partial charge in [-0.3, -0.25) is 9.69 Å². The molecule has 0 aromatic heterocycles. The van der Waals surface area contributed by atoms with Crippen molar-refractivity contribution in [3.8, 4) is 6.07 Å². The molecule has 5 rings (SSSR count). The Balaban J connectivity index is 1.54. The molecule has 6 heteroatoms. The Morgan fingerprint density at radius 1 is 1.12 bits per heavy atom. The third kappa shape index (κ3) is 3.23. The number of piperazine rings is 1. The van der Waals surface area contributed by atoms with E-state index in [2.05, 4.69) is 51.7 Å². The number of anilines is 1. The van der Waals surface area contributed by atoms with Crippen molar-refractivity contribution in [2.45, 2.75) is 25.7 Å². The van der Waals surface area contributed by atoms with E-state index in [4.69, 9.17) is 0 Å². The molecule has 2 aromatic rings. The van der Waals surface area contributed by atoms with Crippen LogP contribution in [0.4, 0.5) is 5.69 Å². The maximum atomic E-state index is 13.7. The molecule has 2 aliphatic carbocycles. The molecule has 3 aliphatic rings. The molecule has 0 bridgehead atoms. The highest BCUT2D eigenvalue weighted by molar-refractivity contribution is 9.10. The average molecular weight is 492 g/mol. The van der Waals surface area contributed by atoms with Crippen LogP contribution in [0.1, 0.15) is 46.5 Å². The highest BCUT2D eigenvalue weighted by Crippen LogP contribution is 2.51. The molecule has 1 saturated heterocycles. The first-order chi connectivity index (χ1) is 15.3. The fourth-order valence-corrected chi connectivity index (χ4v) is 6.04. The smallest absolute Gasteiger partial charge is 0.193 e. The Kier molecular flexibility index (Phi) is 5.24. The van der Waals surface area contributed by atoms with Gasteiger partial charge in [-0.1, -0.05) is 19.9 Å². The van der Waals surface area contributed by atoms with Crippen molar-refractivity contribution in [2.24, 2.45) is 0 Å². The van der Waals surface area contributed by atoms with Gasteiger partial charge >= 0.3 is 0 Å². The Labute approximate surface area is 197 Å². The summed E-state index contributed by atoms with van der Waals surface area (Å²) in [7, 11) is 0. The number of halogens is 1. The number of Topliss-reactive ketones (excluding diaryl/α,β-unsaturated/α-hetero) is 1. The molecule has 164 valence electrons. The van der Waals surface area contributed by atoms with Gasteiger partial charge in [-0.15, -0.1) is 0 Å². The van der Waals surface area contributed by atoms with Crippen LogP contribution in [0.5, 0.6) is 0 Å². The summed E-state index contributed by atoms with van der Waals surface area (Å²) in [5.41, 5.74) is 7.34. The summed E-state index contributed by atoms with van der Waals surface area (Å²) in [5, 5.41) is 18.5. The first-order valence-corrected chi connectivity index (χ1v) is 11.9. The van der Waals surface area contributed by atoms with Crippen molar-refractivity contribution in [2.75, 3.05) is 44.2 Å². The zero-order valence-electron chi connectivity index (χ0n) is 18.4. The van der Waals surface area contributed by atoms with E-state index >= 15 is 0 Å². The van der Waals surface area contributed by atoms with E-state index in [9.17, 15) is 15.2 Å². The molecular formula is C26H26BrN3O2. The molecule has 0 unspecified atom stereocenters. The largest absolute Gasteiger partial charge is 0.395 e. The number of aliphatic hydroxyl groups is 1. The number of β-amino-alcohol motifs (C(OH)–C–C–N with tert-alkyl or cyclic N) is 1. The van der Waals surface area contributed by atoms with E-state index in [1.807, 2.05) is 18.2 Å². The number of ketones is 1. The standard InChI is InChI=1S/C26H26BrN3O2/c1-26(2)20-14-23(30-7-5-29(6-8-30)9-10-31)22(27)13-19(20)25(32)24-18-4-3-16(15-28)11-17(18)12-21(24)26/h3-4,11,13-14,31H,5-10,12H2,1-2H3. The van der Waals surface area contributed by atoms with Gasteiger partial charge in [0.2, 0.25) is 0 Å². The lowest BCUT2D eigenvalue weighted by Gasteiger charge is -2.39. The van der Waals surface area contributed by atoms with Gasteiger partial charge < -0.3 is 10.0 Å². The summed E-state index contributed by atoms with van der Waals surface area (Å²) in [6.07, 6.45) is 0.712. The molecule has 1 N–H and O–H groups in total. The van der Waals surface area contributed by atoms with Gasteiger partial charge in [0, 0.05) is 53.7 Å². The number of nitriles is 1. The zero-order chi connectivity index (χ0) is 22.6. The minimum Gasteiger partial charge on any atom is -0.395 e. The van der Waals surface area contributed by atoms with Gasteiger partial charge in [-0.05, 0) is 68.9 Å². The normalized spacial score (nSPS) is 19.5. The van der Waals surface area contributed by atoms with Crippen molar-refractivity contribution in [1.29, 1.82) is 5.26 Å². The molecule has 1 heterocycles. The number of fused-ring (bicyclic) bond motifs is 3. The summed E-state index contributed by atoms with van der Waals surface area (Å²) in [4.78, 5) is 18.3. The summed E-state index contributed by atoms with van der Waals surface area (Å²) >= 11 is 3.75. The minimum atomic E-state index is -0.279. The molecule has 32 heavy (non-hydrogen) atoms. The average Bonchev–Trinajstić information content (AvgIpc) is 3.18. The lowest BCUT2D eigenvalue weighted by molar-refractivity contribution is 0.105. The number of carbonyl (C=O) groups excluding carboxylic acids is 1. The fourth-order valence-electron chi connectivity index (χ4n) is 5.45. The second kappa shape index (κ2) is 7.84. The Bertz CT molecular complexity index is 1200. The Morgan fingerprint density at radius 3 is 2.56 bits per heavy atom. The number of aliphatic hydroxyl groups excluding tert-OH is 1. The number of benzene rings is 2. The molecule has 0 atom stereocenters. The molecule has 0 saturated carbocycles. The highest BCUT2D eigenvalue weighted by atomic mass is 79.9. The number of hydrogen-bond acceptors (Lipinski definition) is 5. The summed E-state index contributed by atoms with van der Waals surface area (Å²) in [6, 6.07) is 12.1. The van der Waals surface area contributed by atoms with Crippen LogP contribution >= 0.6 is 15.9 Å². The topological polar surface area (TPSA) is 67.6 Å². The van der Waals surface area contributed by atoms with Crippen LogP contribution in [0.2, 0.25) is 0 Å². The maximum Gasteiger partial charge on any atom is 0.193 e. The monoisotopic (exact) mass is 491 g/mol. The van der Waals surface area contributed by atoms with E-state index in [0.29, 0.717) is 18.5 Å². The van der Waals surface area contributed by atoms with Crippen LogP contribution in [0.15, 0.2) is 40.4 Å². The molecule has 1 aliphatic heterocycles. The minimum absolute atomic E-state index is 0.0813. The van der Waals surface area contributed by atoms with E-state index in [0.717, 1.165) is 69.7 Å². The van der Waals surface area contributed by atoms with Gasteiger partial charge in [-0.25, -0.2) is 0 Å². The van der Waals surface area contributed by atoms with E-state index in [1.165, 1.54) is 0 Å². The van der Waals surface area contributed by atoms with E-state index in [1.54, 1.807) is 6.07 Å². The van der Waals surface area contributed by atoms with Gasteiger partial charge in [0.1, 0.15) is 0 Å². The van der Waals surface area contributed by atoms with Gasteiger partial charge in [0.25, 0.3) is 0 Å². The van der Waals surface area contributed by atoms with E-state index < -0.39 is 0 Å². The predicted octanol–water partition coefficient (Wildman–Crippen LogP) is 3.92. The summed E-state index contributed by atoms with van der Waals surface area (Å²) in [5.74, 6) is 0.0813. The van der Waals surface area contributed by atoms with E-state index in [-0.39, 0.29) is 17.8 Å². The molecule has 0 spiro atoms. The maximum absolute atomic E-state index is 13.7. The lowest BCUT2D eigenvalue weighted by Crippen LogP contribution is -2.47. The second-order valence-corrected chi connectivity index (χ2v) is 10.2. The van der Waals surface area contributed by atoms with Crippen LogP contribution in [-0.2, 0) is 11.8 Å². The lowest BCUT2D eigenvalue weighted by atomic mass is 9.68. The number of rotatable bonds is 3. The Hall–Kier alpha value is -2.46. The Morgan fingerprint density at radius 2 is 1.88 bits per heavy atom. The van der Waals surface area contributed by atoms with Gasteiger partial charge in [0.15, 0.2) is 5.78 Å². The van der Waals surface area contributed by atoms with Crippen LogP contribution in [0.25, 0.3) is 5.57 Å². The van der Waals surface area contributed by atoms with Crippen molar-refractivity contribution in [3.05, 3.63) is 68.2 Å². The van der Waals surface area contributed by atoms with Crippen molar-refractivity contribution in [3.63, 3.8) is 0 Å². The SMILES string of the molecule is CC1(C)C2=C(C(=O)c3cc(Br)c(N4CCN(CCO)CC4)cc31)c1ccc(C#N)cc1C2. The van der Waals surface area contributed by atoms with Crippen molar-refractivity contribution < 1.29 is 9.90 Å². The van der Waals surface area contributed by atoms with Gasteiger partial charge in [-0.2, -0.15) is 5.26 Å².